The van der Waals surface area contributed by atoms with Crippen molar-refractivity contribution in [1.82, 2.24) is 0 Å². The molecular weight excluding hydrogens is 456 g/mol. The third-order valence-corrected chi connectivity index (χ3v) is 7.75. The number of carbonyl (C=O) groups excluding carboxylic acids is 2. The molecule has 5 fully saturated rings. The van der Waals surface area contributed by atoms with Crippen molar-refractivity contribution in [3.63, 3.8) is 0 Å². The van der Waals surface area contributed by atoms with Crippen molar-refractivity contribution >= 4 is 22.1 Å². The third-order valence-electron chi connectivity index (χ3n) is 6.64. The van der Waals surface area contributed by atoms with E-state index >= 15 is 0 Å². The first-order valence-corrected chi connectivity index (χ1v) is 11.1. The summed E-state index contributed by atoms with van der Waals surface area (Å²) in [4.78, 5) is 23.7. The topological polar surface area (TPSA) is 125 Å². The Labute approximate surface area is 174 Å². The standard InChI is InChI=1S/C17H20F4O9S/c18-16(17(19,20)21,31(24,25)26)13(23)27-8-12(22)30-14-5-9-3-10(6-14)15(11(4-9)7-14)28-1-2-29-15/h9-11H,1-8H2,(H,24,25,26). The van der Waals surface area contributed by atoms with Gasteiger partial charge in [-0.1, -0.05) is 0 Å². The van der Waals surface area contributed by atoms with Crippen LogP contribution in [0.1, 0.15) is 32.1 Å². The Hall–Kier alpha value is -1.51. The average molecular weight is 476 g/mol. The molecule has 14 heteroatoms. The smallest absolute Gasteiger partial charge is 0.451 e. The molecule has 31 heavy (non-hydrogen) atoms. The van der Waals surface area contributed by atoms with Gasteiger partial charge in [0.15, 0.2) is 12.4 Å². The summed E-state index contributed by atoms with van der Waals surface area (Å²) in [5.41, 5.74) is -0.944. The minimum atomic E-state index is -6.57. The number of ether oxygens (including phenoxy) is 4. The molecule has 4 aliphatic carbocycles. The van der Waals surface area contributed by atoms with Gasteiger partial charge in [0.1, 0.15) is 5.60 Å². The zero-order valence-corrected chi connectivity index (χ0v) is 16.8. The number of alkyl halides is 4. The van der Waals surface area contributed by atoms with Crippen LogP contribution in [-0.2, 0) is 38.7 Å². The lowest BCUT2D eigenvalue weighted by Crippen LogP contribution is -2.65. The average Bonchev–Trinajstić information content (AvgIpc) is 3.11. The second kappa shape index (κ2) is 6.99. The fourth-order valence-corrected chi connectivity index (χ4v) is 6.31. The molecule has 0 aromatic carbocycles. The summed E-state index contributed by atoms with van der Waals surface area (Å²) >= 11 is 0. The van der Waals surface area contributed by atoms with Crippen LogP contribution in [0.4, 0.5) is 17.6 Å². The molecule has 0 aromatic rings. The van der Waals surface area contributed by atoms with E-state index in [9.17, 15) is 35.6 Å². The van der Waals surface area contributed by atoms with E-state index in [0.29, 0.717) is 32.5 Å². The minimum Gasteiger partial charge on any atom is -0.457 e. The molecule has 0 amide bonds. The first-order valence-electron chi connectivity index (χ1n) is 9.62. The van der Waals surface area contributed by atoms with Crippen LogP contribution in [0.3, 0.4) is 0 Å². The summed E-state index contributed by atoms with van der Waals surface area (Å²) in [7, 11) is -6.57. The largest absolute Gasteiger partial charge is 0.457 e. The van der Waals surface area contributed by atoms with Gasteiger partial charge in [0, 0.05) is 11.8 Å². The minimum absolute atomic E-state index is 0.0418. The van der Waals surface area contributed by atoms with E-state index in [2.05, 4.69) is 4.74 Å². The van der Waals surface area contributed by atoms with Crippen molar-refractivity contribution < 1.29 is 59.1 Å². The predicted octanol–water partition coefficient (Wildman–Crippen LogP) is 1.51. The van der Waals surface area contributed by atoms with Gasteiger partial charge in [-0.05, 0) is 38.0 Å². The number of esters is 2. The maximum Gasteiger partial charge on any atom is 0.451 e. The molecule has 0 radical (unpaired) electrons. The lowest BCUT2D eigenvalue weighted by Gasteiger charge is -2.61. The maximum atomic E-state index is 13.9. The summed E-state index contributed by atoms with van der Waals surface area (Å²) < 4.78 is 104. The van der Waals surface area contributed by atoms with Gasteiger partial charge in [-0.25, -0.2) is 14.0 Å². The Morgan fingerprint density at radius 2 is 1.58 bits per heavy atom. The zero-order valence-electron chi connectivity index (χ0n) is 16.0. The molecule has 0 aromatic heterocycles. The Morgan fingerprint density at radius 3 is 2.06 bits per heavy atom. The molecule has 1 spiro atoms. The number of carbonyl (C=O) groups is 2. The summed E-state index contributed by atoms with van der Waals surface area (Å²) in [6.45, 7) is -0.535. The number of rotatable bonds is 5. The first kappa shape index (κ1) is 22.7. The van der Waals surface area contributed by atoms with Gasteiger partial charge in [0.05, 0.1) is 13.2 Å². The van der Waals surface area contributed by atoms with Gasteiger partial charge in [0.25, 0.3) is 0 Å². The van der Waals surface area contributed by atoms with E-state index in [1.807, 2.05) is 0 Å². The lowest BCUT2D eigenvalue weighted by atomic mass is 9.51. The molecule has 5 aliphatic rings. The number of halogens is 4. The second-order valence-corrected chi connectivity index (χ2v) is 10.1. The molecule has 1 saturated heterocycles. The summed E-state index contributed by atoms with van der Waals surface area (Å²) in [6.07, 6.45) is -3.40. The van der Waals surface area contributed by atoms with Crippen molar-refractivity contribution in [2.75, 3.05) is 19.8 Å². The van der Waals surface area contributed by atoms with Gasteiger partial charge in [-0.2, -0.15) is 21.6 Å². The van der Waals surface area contributed by atoms with Gasteiger partial charge in [0.2, 0.25) is 0 Å². The van der Waals surface area contributed by atoms with Crippen LogP contribution >= 0.6 is 0 Å². The van der Waals surface area contributed by atoms with Crippen LogP contribution < -0.4 is 0 Å². The van der Waals surface area contributed by atoms with Crippen LogP contribution in [0.5, 0.6) is 0 Å². The molecule has 3 atom stereocenters. The summed E-state index contributed by atoms with van der Waals surface area (Å²) in [5, 5.41) is -5.72. The van der Waals surface area contributed by atoms with Crippen LogP contribution in [-0.4, -0.2) is 67.3 Å². The highest BCUT2D eigenvalue weighted by Gasteiger charge is 2.73. The van der Waals surface area contributed by atoms with Crippen LogP contribution in [0.15, 0.2) is 0 Å². The van der Waals surface area contributed by atoms with E-state index in [4.69, 9.17) is 18.8 Å². The SMILES string of the molecule is O=C(COC(=O)C(F)(C(F)(F)F)S(=O)(=O)O)OC12CC3CC(C1)C1(OCCO1)C(C3)C2. The maximum absolute atomic E-state index is 13.9. The Balaban J connectivity index is 1.41. The number of hydrogen-bond donors (Lipinski definition) is 1. The fraction of sp³-hybridized carbons (Fsp3) is 0.882. The quantitative estimate of drug-likeness (QED) is 0.357. The highest BCUT2D eigenvalue weighted by atomic mass is 32.2. The molecule has 4 bridgehead atoms. The molecule has 3 unspecified atom stereocenters. The molecule has 9 nitrogen and oxygen atoms in total. The van der Waals surface area contributed by atoms with Crippen molar-refractivity contribution in [2.24, 2.45) is 17.8 Å². The fourth-order valence-electron chi connectivity index (χ4n) is 5.75. The summed E-state index contributed by atoms with van der Waals surface area (Å²) in [6, 6.07) is 0. The lowest BCUT2D eigenvalue weighted by molar-refractivity contribution is -0.315. The van der Waals surface area contributed by atoms with Crippen molar-refractivity contribution in [3.05, 3.63) is 0 Å². The molecule has 1 aliphatic heterocycles. The van der Waals surface area contributed by atoms with E-state index in [1.165, 1.54) is 0 Å². The molecular formula is C17H20F4O9S. The Kier molecular flexibility index (Phi) is 5.11. The molecule has 176 valence electrons. The van der Waals surface area contributed by atoms with Gasteiger partial charge < -0.3 is 18.9 Å². The van der Waals surface area contributed by atoms with E-state index < -0.39 is 51.2 Å². The highest BCUT2D eigenvalue weighted by Crippen LogP contribution is 2.63. The van der Waals surface area contributed by atoms with E-state index in [-0.39, 0.29) is 17.8 Å². The van der Waals surface area contributed by atoms with Crippen LogP contribution in [0.25, 0.3) is 0 Å². The van der Waals surface area contributed by atoms with Gasteiger partial charge in [-0.15, -0.1) is 0 Å². The van der Waals surface area contributed by atoms with Crippen LogP contribution in [0, 0.1) is 17.8 Å². The van der Waals surface area contributed by atoms with Crippen LogP contribution in [0.2, 0.25) is 0 Å². The molecule has 4 saturated carbocycles. The third kappa shape index (κ3) is 3.42. The Morgan fingerprint density at radius 1 is 1.03 bits per heavy atom. The van der Waals surface area contributed by atoms with Crippen molar-refractivity contribution in [1.29, 1.82) is 0 Å². The highest BCUT2D eigenvalue weighted by molar-refractivity contribution is 7.88. The number of hydrogen-bond acceptors (Lipinski definition) is 8. The normalized spacial score (nSPS) is 35.7. The van der Waals surface area contributed by atoms with Gasteiger partial charge >= 0.3 is 33.2 Å². The van der Waals surface area contributed by atoms with Crippen molar-refractivity contribution in [2.45, 2.75) is 54.7 Å². The Bertz CT molecular complexity index is 865. The summed E-state index contributed by atoms with van der Waals surface area (Å²) in [5.74, 6) is -4.81. The monoisotopic (exact) mass is 476 g/mol. The molecule has 1 N–H and O–H groups in total. The van der Waals surface area contributed by atoms with E-state index in [0.717, 1.165) is 12.8 Å². The second-order valence-electron chi connectivity index (χ2n) is 8.56. The molecule has 1 heterocycles. The van der Waals surface area contributed by atoms with E-state index in [1.54, 1.807) is 0 Å². The van der Waals surface area contributed by atoms with Crippen molar-refractivity contribution in [3.8, 4) is 0 Å². The van der Waals surface area contributed by atoms with Gasteiger partial charge in [-0.3, -0.25) is 4.55 Å². The zero-order chi connectivity index (χ0) is 22.9. The predicted molar refractivity (Wildman–Crippen MR) is 89.4 cm³/mol. The first-order chi connectivity index (χ1) is 14.2. The molecule has 5 rings (SSSR count).